The number of aromatic nitrogens is 2. The van der Waals surface area contributed by atoms with Gasteiger partial charge in [-0.2, -0.15) is 5.10 Å². The fourth-order valence-corrected chi connectivity index (χ4v) is 3.14. The number of rotatable bonds is 2. The molecule has 120 valence electrons. The van der Waals surface area contributed by atoms with E-state index < -0.39 is 0 Å². The van der Waals surface area contributed by atoms with E-state index in [4.69, 9.17) is 9.47 Å². The number of carbonyl (C=O) groups is 1. The van der Waals surface area contributed by atoms with Crippen molar-refractivity contribution in [2.24, 2.45) is 0 Å². The smallest absolute Gasteiger partial charge is 0.274 e. The van der Waals surface area contributed by atoms with E-state index in [0.717, 1.165) is 23.2 Å². The Morgan fingerprint density at radius 1 is 1.26 bits per heavy atom. The Balaban J connectivity index is 1.53. The highest BCUT2D eigenvalue weighted by Crippen LogP contribution is 2.25. The quantitative estimate of drug-likeness (QED) is 0.916. The minimum Gasteiger partial charge on any atom is -0.376 e. The lowest BCUT2D eigenvalue weighted by molar-refractivity contribution is -0.0231. The van der Waals surface area contributed by atoms with Crippen molar-refractivity contribution in [2.45, 2.75) is 19.1 Å². The number of hydrogen-bond acceptors (Lipinski definition) is 4. The monoisotopic (exact) mass is 313 g/mol. The topological polar surface area (TPSA) is 67.5 Å². The van der Waals surface area contributed by atoms with E-state index in [1.54, 1.807) is 0 Å². The molecule has 1 atom stereocenters. The van der Waals surface area contributed by atoms with Gasteiger partial charge in [-0.1, -0.05) is 30.3 Å². The molecule has 3 heterocycles. The molecule has 0 aliphatic carbocycles. The van der Waals surface area contributed by atoms with Gasteiger partial charge in [0.05, 0.1) is 26.4 Å². The summed E-state index contributed by atoms with van der Waals surface area (Å²) >= 11 is 0. The summed E-state index contributed by atoms with van der Waals surface area (Å²) < 4.78 is 11.3. The lowest BCUT2D eigenvalue weighted by Gasteiger charge is -2.33. The van der Waals surface area contributed by atoms with Crippen molar-refractivity contribution >= 4 is 5.91 Å². The van der Waals surface area contributed by atoms with E-state index in [0.29, 0.717) is 38.6 Å². The maximum atomic E-state index is 12.8. The van der Waals surface area contributed by atoms with Gasteiger partial charge in [-0.15, -0.1) is 0 Å². The molecule has 1 fully saturated rings. The number of carbonyl (C=O) groups excluding carboxylic acids is 1. The fourth-order valence-electron chi connectivity index (χ4n) is 3.14. The SMILES string of the molecule is O=C(c1n[nH]c2c1COCC2)N1CCOC(c2ccccc2)C1. The molecular formula is C17H19N3O3. The third-order valence-corrected chi connectivity index (χ3v) is 4.42. The summed E-state index contributed by atoms with van der Waals surface area (Å²) in [5, 5.41) is 7.21. The van der Waals surface area contributed by atoms with Crippen LogP contribution in [0.5, 0.6) is 0 Å². The van der Waals surface area contributed by atoms with Crippen LogP contribution in [0.4, 0.5) is 0 Å². The first-order valence-corrected chi connectivity index (χ1v) is 7.92. The molecule has 23 heavy (non-hydrogen) atoms. The molecule has 1 aromatic carbocycles. The number of nitrogens with zero attached hydrogens (tertiary/aromatic N) is 2. The minimum atomic E-state index is -0.0834. The van der Waals surface area contributed by atoms with E-state index in [9.17, 15) is 4.79 Å². The zero-order chi connectivity index (χ0) is 15.6. The molecule has 0 spiro atoms. The van der Waals surface area contributed by atoms with Gasteiger partial charge < -0.3 is 14.4 Å². The maximum absolute atomic E-state index is 12.8. The molecule has 1 unspecified atom stereocenters. The standard InChI is InChI=1S/C17H19N3O3/c21-17(16-13-11-22-8-6-14(13)18-19-16)20-7-9-23-15(10-20)12-4-2-1-3-5-12/h1-5,15H,6-11H2,(H,18,19). The van der Waals surface area contributed by atoms with E-state index in [1.165, 1.54) is 0 Å². The number of hydrogen-bond donors (Lipinski definition) is 1. The highest BCUT2D eigenvalue weighted by Gasteiger charge is 2.30. The average Bonchev–Trinajstić information content (AvgIpc) is 3.06. The zero-order valence-corrected chi connectivity index (χ0v) is 12.8. The van der Waals surface area contributed by atoms with Crippen molar-refractivity contribution in [3.63, 3.8) is 0 Å². The second-order valence-corrected chi connectivity index (χ2v) is 5.85. The molecule has 2 aliphatic rings. The first-order chi connectivity index (χ1) is 11.3. The van der Waals surface area contributed by atoms with Crippen LogP contribution in [0.2, 0.25) is 0 Å². The normalized spacial score (nSPS) is 21.0. The number of fused-ring (bicyclic) bond motifs is 1. The van der Waals surface area contributed by atoms with Gasteiger partial charge in [-0.25, -0.2) is 0 Å². The molecular weight excluding hydrogens is 294 g/mol. The number of morpholine rings is 1. The highest BCUT2D eigenvalue weighted by atomic mass is 16.5. The summed E-state index contributed by atoms with van der Waals surface area (Å²) in [6.45, 7) is 2.81. The number of amides is 1. The number of H-pyrrole nitrogens is 1. The molecule has 0 radical (unpaired) electrons. The van der Waals surface area contributed by atoms with Gasteiger partial charge in [-0.3, -0.25) is 9.89 Å². The molecule has 0 bridgehead atoms. The summed E-state index contributed by atoms with van der Waals surface area (Å²) in [6.07, 6.45) is 0.700. The Morgan fingerprint density at radius 2 is 2.13 bits per heavy atom. The number of nitrogens with one attached hydrogen (secondary N) is 1. The zero-order valence-electron chi connectivity index (χ0n) is 12.8. The molecule has 1 amide bonds. The molecule has 1 N–H and O–H groups in total. The summed E-state index contributed by atoms with van der Waals surface area (Å²) in [6, 6.07) is 10.0. The van der Waals surface area contributed by atoms with Crippen LogP contribution in [0.3, 0.4) is 0 Å². The summed E-state index contributed by atoms with van der Waals surface area (Å²) in [4.78, 5) is 14.7. The van der Waals surface area contributed by atoms with E-state index in [2.05, 4.69) is 10.2 Å². The lowest BCUT2D eigenvalue weighted by Crippen LogP contribution is -2.42. The van der Waals surface area contributed by atoms with Crippen molar-refractivity contribution in [1.29, 1.82) is 0 Å². The van der Waals surface area contributed by atoms with Crippen LogP contribution in [0.25, 0.3) is 0 Å². The molecule has 0 saturated carbocycles. The Labute approximate surface area is 134 Å². The molecule has 2 aromatic rings. The fraction of sp³-hybridized carbons (Fsp3) is 0.412. The number of ether oxygens (including phenoxy) is 2. The first kappa shape index (κ1) is 14.4. The average molecular weight is 313 g/mol. The van der Waals surface area contributed by atoms with Crippen LogP contribution in [0.1, 0.15) is 33.4 Å². The summed E-state index contributed by atoms with van der Waals surface area (Å²) in [5.41, 5.74) is 3.52. The van der Waals surface area contributed by atoms with Crippen LogP contribution in [0, 0.1) is 0 Å². The van der Waals surface area contributed by atoms with Gasteiger partial charge in [0.25, 0.3) is 5.91 Å². The third kappa shape index (κ3) is 2.75. The van der Waals surface area contributed by atoms with Crippen molar-refractivity contribution in [2.75, 3.05) is 26.3 Å². The van der Waals surface area contributed by atoms with Gasteiger partial charge >= 0.3 is 0 Å². The van der Waals surface area contributed by atoms with Crippen LogP contribution < -0.4 is 0 Å². The predicted molar refractivity (Wildman–Crippen MR) is 83.0 cm³/mol. The second-order valence-electron chi connectivity index (χ2n) is 5.85. The Kier molecular flexibility index (Phi) is 3.85. The van der Waals surface area contributed by atoms with Crippen molar-refractivity contribution in [1.82, 2.24) is 15.1 Å². The van der Waals surface area contributed by atoms with Gasteiger partial charge in [0, 0.05) is 24.2 Å². The van der Waals surface area contributed by atoms with Crippen LogP contribution in [-0.2, 0) is 22.5 Å². The molecule has 1 aromatic heterocycles. The second kappa shape index (κ2) is 6.14. The predicted octanol–water partition coefficient (Wildman–Crippen LogP) is 1.70. The molecule has 4 rings (SSSR count). The van der Waals surface area contributed by atoms with Crippen LogP contribution >= 0.6 is 0 Å². The first-order valence-electron chi connectivity index (χ1n) is 7.92. The minimum absolute atomic E-state index is 0.0442. The molecule has 2 aliphatic heterocycles. The molecule has 6 nitrogen and oxygen atoms in total. The van der Waals surface area contributed by atoms with Gasteiger partial charge in [-0.05, 0) is 5.56 Å². The van der Waals surface area contributed by atoms with E-state index >= 15 is 0 Å². The van der Waals surface area contributed by atoms with Gasteiger partial charge in [0.15, 0.2) is 5.69 Å². The Hall–Kier alpha value is -2.18. The van der Waals surface area contributed by atoms with Gasteiger partial charge in [0.2, 0.25) is 0 Å². The van der Waals surface area contributed by atoms with Crippen molar-refractivity contribution in [3.05, 3.63) is 52.8 Å². The Morgan fingerprint density at radius 3 is 3.00 bits per heavy atom. The summed E-state index contributed by atoms with van der Waals surface area (Å²) in [5.74, 6) is -0.0442. The maximum Gasteiger partial charge on any atom is 0.274 e. The lowest BCUT2D eigenvalue weighted by atomic mass is 10.1. The summed E-state index contributed by atoms with van der Waals surface area (Å²) in [7, 11) is 0. The molecule has 6 heteroatoms. The van der Waals surface area contributed by atoms with Gasteiger partial charge in [0.1, 0.15) is 6.10 Å². The number of aromatic amines is 1. The van der Waals surface area contributed by atoms with Crippen LogP contribution in [-0.4, -0.2) is 47.3 Å². The van der Waals surface area contributed by atoms with Crippen molar-refractivity contribution in [3.8, 4) is 0 Å². The van der Waals surface area contributed by atoms with Crippen molar-refractivity contribution < 1.29 is 14.3 Å². The van der Waals surface area contributed by atoms with E-state index in [-0.39, 0.29) is 12.0 Å². The molecule has 1 saturated heterocycles. The van der Waals surface area contributed by atoms with Crippen LogP contribution in [0.15, 0.2) is 30.3 Å². The highest BCUT2D eigenvalue weighted by molar-refractivity contribution is 5.94. The Bertz CT molecular complexity index is 698. The third-order valence-electron chi connectivity index (χ3n) is 4.42. The largest absolute Gasteiger partial charge is 0.376 e. The van der Waals surface area contributed by atoms with E-state index in [1.807, 2.05) is 35.2 Å². The number of benzene rings is 1.